The minimum atomic E-state index is -0.0993. The Hall–Kier alpha value is -3.42. The fourth-order valence-corrected chi connectivity index (χ4v) is 3.86. The van der Waals surface area contributed by atoms with Gasteiger partial charge in [0.25, 0.3) is 5.91 Å². The molecule has 1 fully saturated rings. The second-order valence-electron chi connectivity index (χ2n) is 8.15. The highest BCUT2D eigenvalue weighted by Gasteiger charge is 2.33. The van der Waals surface area contributed by atoms with Crippen molar-refractivity contribution in [2.45, 2.75) is 39.2 Å². The number of imidazole rings is 1. The van der Waals surface area contributed by atoms with Crippen LogP contribution in [0, 0.1) is 13.8 Å². The summed E-state index contributed by atoms with van der Waals surface area (Å²) in [5.74, 6) is 1.95. The van der Waals surface area contributed by atoms with Gasteiger partial charge in [-0.15, -0.1) is 0 Å². The molecule has 0 saturated carbocycles. The Balaban J connectivity index is 1.35. The Bertz CT molecular complexity index is 1070. The minimum Gasteiger partial charge on any atom is -0.493 e. The average molecular weight is 422 g/mol. The van der Waals surface area contributed by atoms with E-state index in [1.807, 2.05) is 48.7 Å². The maximum atomic E-state index is 12.9. The number of ether oxygens (including phenoxy) is 1. The molecule has 8 nitrogen and oxygen atoms in total. The van der Waals surface area contributed by atoms with Crippen molar-refractivity contribution in [3.05, 3.63) is 47.4 Å². The quantitative estimate of drug-likeness (QED) is 0.572. The van der Waals surface area contributed by atoms with Gasteiger partial charge in [-0.3, -0.25) is 14.6 Å². The van der Waals surface area contributed by atoms with E-state index >= 15 is 0 Å². The Labute approximate surface area is 181 Å². The van der Waals surface area contributed by atoms with Gasteiger partial charge in [0.1, 0.15) is 11.6 Å². The van der Waals surface area contributed by atoms with Crippen LogP contribution in [0.2, 0.25) is 0 Å². The van der Waals surface area contributed by atoms with Gasteiger partial charge in [0.05, 0.1) is 23.9 Å². The van der Waals surface area contributed by atoms with Crippen LogP contribution in [-0.2, 0) is 11.8 Å². The molecule has 2 aliphatic heterocycles. The average Bonchev–Trinajstić information content (AvgIpc) is 3.21. The van der Waals surface area contributed by atoms with Gasteiger partial charge < -0.3 is 19.5 Å². The Morgan fingerprint density at radius 1 is 1.35 bits per heavy atom. The molecule has 3 heterocycles. The molecule has 0 radical (unpaired) electrons. The molecule has 1 aromatic carbocycles. The molecule has 2 aromatic rings. The van der Waals surface area contributed by atoms with Crippen molar-refractivity contribution in [2.24, 2.45) is 12.0 Å². The van der Waals surface area contributed by atoms with Gasteiger partial charge in [-0.05, 0) is 38.3 Å². The lowest BCUT2D eigenvalue weighted by atomic mass is 10.1. The second-order valence-corrected chi connectivity index (χ2v) is 8.15. The van der Waals surface area contributed by atoms with Gasteiger partial charge in [0.2, 0.25) is 5.91 Å². The zero-order valence-corrected chi connectivity index (χ0v) is 18.1. The lowest BCUT2D eigenvalue weighted by Gasteiger charge is -2.20. The molecular weight excluding hydrogens is 394 g/mol. The van der Waals surface area contributed by atoms with Crippen LogP contribution < -0.4 is 10.1 Å². The third-order valence-corrected chi connectivity index (χ3v) is 5.64. The zero-order valence-electron chi connectivity index (χ0n) is 18.1. The molecule has 2 aliphatic rings. The molecule has 1 N–H and O–H groups in total. The third-order valence-electron chi connectivity index (χ3n) is 5.64. The summed E-state index contributed by atoms with van der Waals surface area (Å²) >= 11 is 0. The first-order valence-electron chi connectivity index (χ1n) is 10.4. The van der Waals surface area contributed by atoms with Gasteiger partial charge in [0, 0.05) is 38.5 Å². The van der Waals surface area contributed by atoms with E-state index in [-0.39, 0.29) is 17.9 Å². The van der Waals surface area contributed by atoms with Crippen molar-refractivity contribution < 1.29 is 14.3 Å². The number of fused-ring (bicyclic) bond motifs is 2. The monoisotopic (exact) mass is 421 g/mol. The van der Waals surface area contributed by atoms with Crippen molar-refractivity contribution in [1.29, 1.82) is 0 Å². The highest BCUT2D eigenvalue weighted by molar-refractivity contribution is 6.03. The van der Waals surface area contributed by atoms with Crippen molar-refractivity contribution >= 4 is 29.5 Å². The van der Waals surface area contributed by atoms with Crippen LogP contribution in [0.25, 0.3) is 0 Å². The number of aliphatic imine (C=N–C) groups is 1. The summed E-state index contributed by atoms with van der Waals surface area (Å²) in [7, 11) is 1.88. The number of anilines is 1. The number of hydrogen-bond acceptors (Lipinski definition) is 5. The molecule has 0 aliphatic carbocycles. The number of carbonyl (C=O) groups is 2. The molecular formula is C23H27N5O3. The topological polar surface area (TPSA) is 88.8 Å². The minimum absolute atomic E-state index is 0.0211. The van der Waals surface area contributed by atoms with Crippen LogP contribution in [-0.4, -0.2) is 51.7 Å². The van der Waals surface area contributed by atoms with Crippen molar-refractivity contribution in [1.82, 2.24) is 14.5 Å². The molecule has 2 amide bonds. The van der Waals surface area contributed by atoms with Gasteiger partial charge in [-0.25, -0.2) is 4.98 Å². The number of nitrogens with one attached hydrogen (secondary N) is 1. The number of rotatable bonds is 6. The predicted octanol–water partition coefficient (Wildman–Crippen LogP) is 3.32. The number of carbonyl (C=O) groups excluding carboxylic acids is 2. The van der Waals surface area contributed by atoms with Crippen LogP contribution >= 0.6 is 0 Å². The van der Waals surface area contributed by atoms with Gasteiger partial charge in [-0.1, -0.05) is 12.2 Å². The SMILES string of the molecule is C=C1CC2C=Nc3cc(OCCCC(=O)Nc4cn(C)c(C)n4)c(C)cc3C(=O)N2C1. The van der Waals surface area contributed by atoms with Crippen molar-refractivity contribution in [2.75, 3.05) is 18.5 Å². The van der Waals surface area contributed by atoms with Gasteiger partial charge in [0.15, 0.2) is 5.82 Å². The summed E-state index contributed by atoms with van der Waals surface area (Å²) in [5.41, 5.74) is 3.12. The number of aromatic nitrogens is 2. The summed E-state index contributed by atoms with van der Waals surface area (Å²) in [6.07, 6.45) is 5.26. The highest BCUT2D eigenvalue weighted by atomic mass is 16.5. The number of amides is 2. The van der Waals surface area contributed by atoms with Gasteiger partial charge in [-0.2, -0.15) is 0 Å². The fraction of sp³-hybridized carbons (Fsp3) is 0.391. The van der Waals surface area contributed by atoms with Crippen molar-refractivity contribution in [3.8, 4) is 5.75 Å². The Morgan fingerprint density at radius 3 is 2.90 bits per heavy atom. The lowest BCUT2D eigenvalue weighted by molar-refractivity contribution is -0.116. The smallest absolute Gasteiger partial charge is 0.256 e. The zero-order chi connectivity index (χ0) is 22.1. The normalized spacial score (nSPS) is 17.4. The third kappa shape index (κ3) is 4.38. The van der Waals surface area contributed by atoms with Crippen molar-refractivity contribution in [3.63, 3.8) is 0 Å². The van der Waals surface area contributed by atoms with E-state index < -0.39 is 0 Å². The molecule has 31 heavy (non-hydrogen) atoms. The van der Waals surface area contributed by atoms with Crippen LogP contribution in [0.5, 0.6) is 5.75 Å². The standard InChI is InChI=1S/C23H27N5O3/c1-14-8-17-11-24-19-10-20(15(2)9-18(19)23(30)28(17)12-14)31-7-5-6-22(29)26-21-13-27(4)16(3)25-21/h9-11,13,17H,1,5-8,12H2,2-4H3,(H,26,29). The van der Waals surface area contributed by atoms with Crippen LogP contribution in [0.3, 0.4) is 0 Å². The lowest BCUT2D eigenvalue weighted by Crippen LogP contribution is -2.35. The summed E-state index contributed by atoms with van der Waals surface area (Å²) in [6, 6.07) is 3.62. The number of aryl methyl sites for hydroxylation is 3. The van der Waals surface area contributed by atoms with E-state index in [0.717, 1.165) is 23.4 Å². The summed E-state index contributed by atoms with van der Waals surface area (Å²) < 4.78 is 7.76. The largest absolute Gasteiger partial charge is 0.493 e. The van der Waals surface area contributed by atoms with Crippen LogP contribution in [0.15, 0.2) is 35.5 Å². The highest BCUT2D eigenvalue weighted by Crippen LogP contribution is 2.34. The molecule has 8 heteroatoms. The fourth-order valence-electron chi connectivity index (χ4n) is 3.86. The molecule has 4 rings (SSSR count). The van der Waals surface area contributed by atoms with E-state index in [1.54, 1.807) is 6.20 Å². The number of hydrogen-bond donors (Lipinski definition) is 1. The predicted molar refractivity (Wildman–Crippen MR) is 119 cm³/mol. The molecule has 1 unspecified atom stereocenters. The maximum absolute atomic E-state index is 12.9. The maximum Gasteiger partial charge on any atom is 0.256 e. The van der Waals surface area contributed by atoms with E-state index in [4.69, 9.17) is 4.74 Å². The molecule has 0 bridgehead atoms. The molecule has 0 spiro atoms. The van der Waals surface area contributed by atoms with Gasteiger partial charge >= 0.3 is 0 Å². The second kappa shape index (κ2) is 8.37. The molecule has 1 saturated heterocycles. The Morgan fingerprint density at radius 2 is 2.16 bits per heavy atom. The number of nitrogens with zero attached hydrogens (tertiary/aromatic N) is 4. The first-order valence-corrected chi connectivity index (χ1v) is 10.4. The Kier molecular flexibility index (Phi) is 5.63. The molecule has 1 atom stereocenters. The summed E-state index contributed by atoms with van der Waals surface area (Å²) in [5, 5.41) is 2.79. The van der Waals surface area contributed by atoms with E-state index in [0.29, 0.717) is 48.8 Å². The molecule has 162 valence electrons. The number of benzene rings is 1. The summed E-state index contributed by atoms with van der Waals surface area (Å²) in [4.78, 5) is 35.7. The van der Waals surface area contributed by atoms with E-state index in [1.165, 1.54) is 0 Å². The van der Waals surface area contributed by atoms with Crippen LogP contribution in [0.4, 0.5) is 11.5 Å². The first-order chi connectivity index (χ1) is 14.8. The van der Waals surface area contributed by atoms with E-state index in [2.05, 4.69) is 21.9 Å². The summed E-state index contributed by atoms with van der Waals surface area (Å²) in [6.45, 7) is 8.76. The van der Waals surface area contributed by atoms with Crippen LogP contribution in [0.1, 0.15) is 41.0 Å². The van der Waals surface area contributed by atoms with E-state index in [9.17, 15) is 9.59 Å². The molecule has 1 aromatic heterocycles. The first kappa shape index (κ1) is 20.8.